The first-order chi connectivity index (χ1) is 15.2. The van der Waals surface area contributed by atoms with E-state index in [1.54, 1.807) is 18.2 Å². The number of rotatable bonds is 8. The Bertz CT molecular complexity index is 1170. The molecule has 3 aromatic carbocycles. The summed E-state index contributed by atoms with van der Waals surface area (Å²) in [4.78, 5) is 11.3. The lowest BCUT2D eigenvalue weighted by Crippen LogP contribution is -2.30. The summed E-state index contributed by atoms with van der Waals surface area (Å²) in [7, 11) is -1.10. The molecule has 0 fully saturated rings. The molecule has 0 atom stereocenters. The normalized spacial score (nSPS) is 11.0. The number of methoxy groups -OCH3 is 2. The van der Waals surface area contributed by atoms with E-state index in [1.165, 1.54) is 74.0 Å². The van der Waals surface area contributed by atoms with Crippen molar-refractivity contribution in [3.8, 4) is 11.5 Å². The molecule has 0 saturated carbocycles. The van der Waals surface area contributed by atoms with Gasteiger partial charge < -0.3 is 14.8 Å². The first kappa shape index (κ1) is 23.1. The van der Waals surface area contributed by atoms with Crippen molar-refractivity contribution in [2.75, 3.05) is 23.8 Å². The summed E-state index contributed by atoms with van der Waals surface area (Å²) in [6, 6.07) is 16.2. The minimum absolute atomic E-state index is 0.0236. The van der Waals surface area contributed by atoms with E-state index in [4.69, 9.17) is 9.47 Å². The van der Waals surface area contributed by atoms with E-state index in [-0.39, 0.29) is 17.3 Å². The van der Waals surface area contributed by atoms with Crippen LogP contribution in [-0.2, 0) is 21.4 Å². The Morgan fingerprint density at radius 2 is 1.50 bits per heavy atom. The fourth-order valence-electron chi connectivity index (χ4n) is 3.05. The predicted octanol–water partition coefficient (Wildman–Crippen LogP) is 4.20. The molecule has 0 saturated heterocycles. The van der Waals surface area contributed by atoms with Crippen LogP contribution in [0.5, 0.6) is 11.5 Å². The molecule has 0 aliphatic heterocycles. The summed E-state index contributed by atoms with van der Waals surface area (Å²) in [6.45, 7) is 1.32. The molecule has 0 aliphatic carbocycles. The maximum Gasteiger partial charge on any atom is 0.264 e. The molecule has 0 aromatic heterocycles. The van der Waals surface area contributed by atoms with Crippen LogP contribution in [0.3, 0.4) is 0 Å². The maximum absolute atomic E-state index is 13.6. The average Bonchev–Trinajstić information content (AvgIpc) is 2.78. The molecule has 0 heterocycles. The molecule has 9 heteroatoms. The van der Waals surface area contributed by atoms with E-state index in [0.717, 1.165) is 0 Å². The van der Waals surface area contributed by atoms with Gasteiger partial charge in [-0.05, 0) is 42.0 Å². The van der Waals surface area contributed by atoms with Gasteiger partial charge in [0, 0.05) is 30.8 Å². The van der Waals surface area contributed by atoms with E-state index < -0.39 is 15.8 Å². The van der Waals surface area contributed by atoms with Crippen molar-refractivity contribution in [3.63, 3.8) is 0 Å². The smallest absolute Gasteiger partial charge is 0.264 e. The number of carbonyl (C=O) groups is 1. The molecular formula is C23H23FN2O5S. The Kier molecular flexibility index (Phi) is 6.99. The van der Waals surface area contributed by atoms with Gasteiger partial charge in [-0.2, -0.15) is 0 Å². The standard InChI is InChI=1S/C23H23FN2O5S/c1-16(27)25-19-8-10-23(11-9-19)32(28,29)26(15-17-4-6-18(24)7-5-17)20-12-21(30-2)14-22(13-20)31-3/h4-14H,15H2,1-3H3,(H,25,27). The van der Waals surface area contributed by atoms with Gasteiger partial charge in [-0.25, -0.2) is 12.8 Å². The molecule has 32 heavy (non-hydrogen) atoms. The molecule has 0 aliphatic rings. The second-order valence-electron chi connectivity index (χ2n) is 6.91. The van der Waals surface area contributed by atoms with E-state index in [9.17, 15) is 17.6 Å². The molecule has 1 N–H and O–H groups in total. The Morgan fingerprint density at radius 3 is 2.00 bits per heavy atom. The van der Waals surface area contributed by atoms with Crippen LogP contribution in [0.25, 0.3) is 0 Å². The molecule has 0 bridgehead atoms. The summed E-state index contributed by atoms with van der Waals surface area (Å²) in [5.74, 6) is 0.154. The number of benzene rings is 3. The number of nitrogens with zero attached hydrogens (tertiary/aromatic N) is 1. The first-order valence-electron chi connectivity index (χ1n) is 9.61. The van der Waals surface area contributed by atoms with E-state index >= 15 is 0 Å². The molecular weight excluding hydrogens is 435 g/mol. The first-order valence-corrected chi connectivity index (χ1v) is 11.0. The van der Waals surface area contributed by atoms with Gasteiger partial charge in [0.25, 0.3) is 10.0 Å². The van der Waals surface area contributed by atoms with E-state index in [1.807, 2.05) is 0 Å². The van der Waals surface area contributed by atoms with Gasteiger partial charge in [0.2, 0.25) is 5.91 Å². The average molecular weight is 459 g/mol. The minimum Gasteiger partial charge on any atom is -0.497 e. The molecule has 3 rings (SSSR count). The van der Waals surface area contributed by atoms with Crippen molar-refractivity contribution in [2.45, 2.75) is 18.4 Å². The number of ether oxygens (including phenoxy) is 2. The van der Waals surface area contributed by atoms with Crippen molar-refractivity contribution < 1.29 is 27.1 Å². The van der Waals surface area contributed by atoms with E-state index in [2.05, 4.69) is 5.32 Å². The van der Waals surface area contributed by atoms with Crippen LogP contribution in [0.1, 0.15) is 12.5 Å². The third kappa shape index (κ3) is 5.36. The summed E-state index contributed by atoms with van der Waals surface area (Å²) < 4.78 is 52.4. The highest BCUT2D eigenvalue weighted by Crippen LogP contribution is 2.33. The number of anilines is 2. The lowest BCUT2D eigenvalue weighted by molar-refractivity contribution is -0.114. The second-order valence-corrected chi connectivity index (χ2v) is 8.78. The monoisotopic (exact) mass is 458 g/mol. The fourth-order valence-corrected chi connectivity index (χ4v) is 4.48. The fraction of sp³-hybridized carbons (Fsp3) is 0.174. The molecule has 7 nitrogen and oxygen atoms in total. The number of nitrogens with one attached hydrogen (secondary N) is 1. The second kappa shape index (κ2) is 9.69. The Labute approximate surface area is 186 Å². The highest BCUT2D eigenvalue weighted by molar-refractivity contribution is 7.92. The van der Waals surface area contributed by atoms with Crippen LogP contribution >= 0.6 is 0 Å². The molecule has 0 unspecified atom stereocenters. The summed E-state index contributed by atoms with van der Waals surface area (Å²) >= 11 is 0. The van der Waals surface area contributed by atoms with Crippen LogP contribution < -0.4 is 19.1 Å². The lowest BCUT2D eigenvalue weighted by Gasteiger charge is -2.26. The number of carbonyl (C=O) groups excluding carboxylic acids is 1. The van der Waals surface area contributed by atoms with Crippen molar-refractivity contribution >= 4 is 27.3 Å². The van der Waals surface area contributed by atoms with Gasteiger partial charge in [0.15, 0.2) is 0 Å². The number of hydrogen-bond donors (Lipinski definition) is 1. The highest BCUT2D eigenvalue weighted by atomic mass is 32.2. The Morgan fingerprint density at radius 1 is 0.938 bits per heavy atom. The van der Waals surface area contributed by atoms with Crippen molar-refractivity contribution in [1.29, 1.82) is 0 Å². The number of amides is 1. The SMILES string of the molecule is COc1cc(OC)cc(N(Cc2ccc(F)cc2)S(=O)(=O)c2ccc(NC(C)=O)cc2)c1. The predicted molar refractivity (Wildman–Crippen MR) is 120 cm³/mol. The molecule has 3 aromatic rings. The van der Waals surface area contributed by atoms with Crippen molar-refractivity contribution in [3.05, 3.63) is 78.1 Å². The third-order valence-corrected chi connectivity index (χ3v) is 6.41. The van der Waals surface area contributed by atoms with Crippen LogP contribution in [0.2, 0.25) is 0 Å². The molecule has 0 spiro atoms. The highest BCUT2D eigenvalue weighted by Gasteiger charge is 2.26. The maximum atomic E-state index is 13.6. The van der Waals surface area contributed by atoms with Gasteiger partial charge in [0.05, 0.1) is 31.3 Å². The van der Waals surface area contributed by atoms with Gasteiger partial charge in [0.1, 0.15) is 17.3 Å². The van der Waals surface area contributed by atoms with Crippen LogP contribution in [0, 0.1) is 5.82 Å². The zero-order valence-corrected chi connectivity index (χ0v) is 18.6. The molecule has 168 valence electrons. The van der Waals surface area contributed by atoms with Crippen LogP contribution in [-0.4, -0.2) is 28.5 Å². The zero-order valence-electron chi connectivity index (χ0n) is 17.8. The summed E-state index contributed by atoms with van der Waals surface area (Å²) in [6.07, 6.45) is 0. The summed E-state index contributed by atoms with van der Waals surface area (Å²) in [5, 5.41) is 2.60. The third-order valence-electron chi connectivity index (χ3n) is 4.63. The quantitative estimate of drug-likeness (QED) is 0.547. The Balaban J connectivity index is 2.08. The molecule has 0 radical (unpaired) electrons. The number of sulfonamides is 1. The minimum atomic E-state index is -4.04. The van der Waals surface area contributed by atoms with Gasteiger partial charge >= 0.3 is 0 Å². The topological polar surface area (TPSA) is 84.9 Å². The van der Waals surface area contributed by atoms with Gasteiger partial charge in [-0.3, -0.25) is 9.10 Å². The number of hydrogen-bond acceptors (Lipinski definition) is 5. The van der Waals surface area contributed by atoms with Gasteiger partial charge in [-0.1, -0.05) is 12.1 Å². The lowest BCUT2D eigenvalue weighted by atomic mass is 10.2. The molecule has 1 amide bonds. The van der Waals surface area contributed by atoms with Crippen molar-refractivity contribution in [2.24, 2.45) is 0 Å². The largest absolute Gasteiger partial charge is 0.497 e. The Hall–Kier alpha value is -3.59. The zero-order chi connectivity index (χ0) is 23.3. The van der Waals surface area contributed by atoms with Crippen LogP contribution in [0.15, 0.2) is 71.6 Å². The number of halogens is 1. The van der Waals surface area contributed by atoms with Crippen molar-refractivity contribution in [1.82, 2.24) is 0 Å². The van der Waals surface area contributed by atoms with Gasteiger partial charge in [-0.15, -0.1) is 0 Å². The summed E-state index contributed by atoms with van der Waals surface area (Å²) in [5.41, 5.74) is 1.38. The van der Waals surface area contributed by atoms with E-state index in [0.29, 0.717) is 28.4 Å². The van der Waals surface area contributed by atoms with Crippen LogP contribution in [0.4, 0.5) is 15.8 Å².